The standard InChI is InChI=1S/C10H6BrNO3/c11-9-2-1-6(4-12)7(3-10(14)15)8(9)5-13/h1-2,5H,3H2,(H,14,15). The number of benzene rings is 1. The molecule has 0 aromatic heterocycles. The number of carboxylic acids is 1. The highest BCUT2D eigenvalue weighted by Crippen LogP contribution is 2.22. The molecule has 0 aliphatic heterocycles. The van der Waals surface area contributed by atoms with Crippen molar-refractivity contribution in [2.45, 2.75) is 6.42 Å². The molecule has 0 spiro atoms. The number of rotatable bonds is 3. The van der Waals surface area contributed by atoms with Gasteiger partial charge in [-0.2, -0.15) is 5.26 Å². The molecule has 0 aliphatic carbocycles. The number of nitriles is 1. The summed E-state index contributed by atoms with van der Waals surface area (Å²) in [5.74, 6) is -1.08. The molecule has 0 saturated heterocycles. The predicted molar refractivity (Wildman–Crippen MR) is 55.6 cm³/mol. The largest absolute Gasteiger partial charge is 0.481 e. The Morgan fingerprint density at radius 2 is 2.27 bits per heavy atom. The van der Waals surface area contributed by atoms with Crippen LogP contribution < -0.4 is 0 Å². The molecule has 0 saturated carbocycles. The third-order valence-electron chi connectivity index (χ3n) is 1.87. The highest BCUT2D eigenvalue weighted by molar-refractivity contribution is 9.10. The second-order valence-electron chi connectivity index (χ2n) is 2.79. The Hall–Kier alpha value is -1.67. The van der Waals surface area contributed by atoms with Crippen molar-refractivity contribution in [3.05, 3.63) is 33.3 Å². The molecule has 0 heterocycles. The van der Waals surface area contributed by atoms with E-state index in [0.717, 1.165) is 0 Å². The summed E-state index contributed by atoms with van der Waals surface area (Å²) in [4.78, 5) is 21.3. The lowest BCUT2D eigenvalue weighted by atomic mass is 10.00. The molecule has 0 radical (unpaired) electrons. The van der Waals surface area contributed by atoms with Gasteiger partial charge in [-0.05, 0) is 17.7 Å². The van der Waals surface area contributed by atoms with Gasteiger partial charge in [0.1, 0.15) is 0 Å². The van der Waals surface area contributed by atoms with Gasteiger partial charge in [-0.15, -0.1) is 0 Å². The Morgan fingerprint density at radius 3 is 2.73 bits per heavy atom. The van der Waals surface area contributed by atoms with E-state index in [1.807, 2.05) is 6.07 Å². The van der Waals surface area contributed by atoms with Gasteiger partial charge in [-0.3, -0.25) is 9.59 Å². The van der Waals surface area contributed by atoms with E-state index < -0.39 is 5.97 Å². The van der Waals surface area contributed by atoms with Crippen LogP contribution in [-0.2, 0) is 11.2 Å². The Labute approximate surface area is 94.3 Å². The van der Waals surface area contributed by atoms with E-state index in [-0.39, 0.29) is 23.1 Å². The molecule has 0 unspecified atom stereocenters. The summed E-state index contributed by atoms with van der Waals surface area (Å²) in [7, 11) is 0. The first-order valence-electron chi connectivity index (χ1n) is 3.98. The number of aldehydes is 1. The second kappa shape index (κ2) is 4.71. The quantitative estimate of drug-likeness (QED) is 0.847. The number of hydrogen-bond acceptors (Lipinski definition) is 3. The molecule has 1 N–H and O–H groups in total. The molecule has 1 aromatic carbocycles. The van der Waals surface area contributed by atoms with E-state index in [0.29, 0.717) is 10.8 Å². The monoisotopic (exact) mass is 267 g/mol. The first kappa shape index (κ1) is 11.4. The van der Waals surface area contributed by atoms with E-state index in [1.165, 1.54) is 6.07 Å². The van der Waals surface area contributed by atoms with Crippen LogP contribution in [0, 0.1) is 11.3 Å². The van der Waals surface area contributed by atoms with Crippen molar-refractivity contribution in [3.8, 4) is 6.07 Å². The minimum absolute atomic E-state index is 0.211. The maximum atomic E-state index is 10.8. The number of aliphatic carboxylic acids is 1. The Balaban J connectivity index is 3.41. The van der Waals surface area contributed by atoms with Crippen molar-refractivity contribution in [1.29, 1.82) is 5.26 Å². The molecule has 15 heavy (non-hydrogen) atoms. The average molecular weight is 268 g/mol. The summed E-state index contributed by atoms with van der Waals surface area (Å²) in [5.41, 5.74) is 0.675. The fourth-order valence-electron chi connectivity index (χ4n) is 1.21. The number of carbonyl (C=O) groups is 2. The van der Waals surface area contributed by atoms with Crippen molar-refractivity contribution >= 4 is 28.2 Å². The highest BCUT2D eigenvalue weighted by Gasteiger charge is 2.14. The van der Waals surface area contributed by atoms with Gasteiger partial charge in [0, 0.05) is 10.0 Å². The number of hydrogen-bond donors (Lipinski definition) is 1. The third-order valence-corrected chi connectivity index (χ3v) is 2.56. The van der Waals surface area contributed by atoms with E-state index >= 15 is 0 Å². The molecule has 5 heteroatoms. The maximum absolute atomic E-state index is 10.8. The van der Waals surface area contributed by atoms with Crippen molar-refractivity contribution < 1.29 is 14.7 Å². The van der Waals surface area contributed by atoms with Gasteiger partial charge in [0.15, 0.2) is 6.29 Å². The number of halogens is 1. The molecule has 4 nitrogen and oxygen atoms in total. The van der Waals surface area contributed by atoms with Crippen LogP contribution in [0.1, 0.15) is 21.5 Å². The first-order chi connectivity index (χ1) is 7.10. The fraction of sp³-hybridized carbons (Fsp3) is 0.100. The number of nitrogens with zero attached hydrogens (tertiary/aromatic N) is 1. The summed E-state index contributed by atoms with van der Waals surface area (Å²) in [6.07, 6.45) is 0.208. The van der Waals surface area contributed by atoms with Crippen LogP contribution in [0.15, 0.2) is 16.6 Å². The fourth-order valence-corrected chi connectivity index (χ4v) is 1.67. The molecule has 0 atom stereocenters. The van der Waals surface area contributed by atoms with E-state index in [2.05, 4.69) is 15.9 Å². The van der Waals surface area contributed by atoms with Crippen LogP contribution in [0.4, 0.5) is 0 Å². The van der Waals surface area contributed by atoms with E-state index in [1.54, 1.807) is 6.07 Å². The zero-order chi connectivity index (χ0) is 11.4. The molecule has 0 aliphatic rings. The van der Waals surface area contributed by atoms with Gasteiger partial charge in [-0.25, -0.2) is 0 Å². The van der Waals surface area contributed by atoms with Crippen molar-refractivity contribution in [3.63, 3.8) is 0 Å². The molecule has 1 aromatic rings. The lowest BCUT2D eigenvalue weighted by Gasteiger charge is -2.06. The minimum atomic E-state index is -1.08. The number of carboxylic acid groups (broad SMARTS) is 1. The van der Waals surface area contributed by atoms with Gasteiger partial charge in [0.05, 0.1) is 18.1 Å². The van der Waals surface area contributed by atoms with Crippen LogP contribution in [0.5, 0.6) is 0 Å². The van der Waals surface area contributed by atoms with Crippen LogP contribution in [0.25, 0.3) is 0 Å². The summed E-state index contributed by atoms with van der Waals surface area (Å²) in [6, 6.07) is 4.89. The summed E-state index contributed by atoms with van der Waals surface area (Å²) < 4.78 is 0.493. The molecule has 0 bridgehead atoms. The lowest BCUT2D eigenvalue weighted by molar-refractivity contribution is -0.136. The molecule has 0 amide bonds. The summed E-state index contributed by atoms with van der Waals surface area (Å²) >= 11 is 3.13. The molecular weight excluding hydrogens is 262 g/mol. The van der Waals surface area contributed by atoms with Gasteiger partial charge >= 0.3 is 5.97 Å². The third kappa shape index (κ3) is 2.42. The van der Waals surface area contributed by atoms with Gasteiger partial charge < -0.3 is 5.11 Å². The van der Waals surface area contributed by atoms with Crippen molar-refractivity contribution in [1.82, 2.24) is 0 Å². The lowest BCUT2D eigenvalue weighted by Crippen LogP contribution is -2.06. The average Bonchev–Trinajstić information content (AvgIpc) is 2.18. The summed E-state index contributed by atoms with van der Waals surface area (Å²) in [6.45, 7) is 0. The molecule has 1 rings (SSSR count). The Morgan fingerprint density at radius 1 is 1.60 bits per heavy atom. The first-order valence-corrected chi connectivity index (χ1v) is 4.78. The predicted octanol–water partition coefficient (Wildman–Crippen LogP) is 1.76. The van der Waals surface area contributed by atoms with Crippen LogP contribution in [-0.4, -0.2) is 17.4 Å². The molecule has 0 fully saturated rings. The van der Waals surface area contributed by atoms with Gasteiger partial charge in [0.2, 0.25) is 0 Å². The summed E-state index contributed by atoms with van der Waals surface area (Å²) in [5, 5.41) is 17.4. The zero-order valence-electron chi connectivity index (χ0n) is 7.53. The van der Waals surface area contributed by atoms with Crippen LogP contribution >= 0.6 is 15.9 Å². The normalized spacial score (nSPS) is 9.33. The van der Waals surface area contributed by atoms with Gasteiger partial charge in [-0.1, -0.05) is 15.9 Å². The van der Waals surface area contributed by atoms with Gasteiger partial charge in [0.25, 0.3) is 0 Å². The number of carbonyl (C=O) groups excluding carboxylic acids is 1. The smallest absolute Gasteiger partial charge is 0.307 e. The van der Waals surface area contributed by atoms with Crippen molar-refractivity contribution in [2.75, 3.05) is 0 Å². The van der Waals surface area contributed by atoms with Crippen LogP contribution in [0.2, 0.25) is 0 Å². The maximum Gasteiger partial charge on any atom is 0.307 e. The highest BCUT2D eigenvalue weighted by atomic mass is 79.9. The van der Waals surface area contributed by atoms with Crippen LogP contribution in [0.3, 0.4) is 0 Å². The Bertz CT molecular complexity index is 462. The van der Waals surface area contributed by atoms with E-state index in [4.69, 9.17) is 10.4 Å². The zero-order valence-corrected chi connectivity index (χ0v) is 9.11. The van der Waals surface area contributed by atoms with Crippen molar-refractivity contribution in [2.24, 2.45) is 0 Å². The van der Waals surface area contributed by atoms with E-state index in [9.17, 15) is 9.59 Å². The SMILES string of the molecule is N#Cc1ccc(Br)c(C=O)c1CC(=O)O. The second-order valence-corrected chi connectivity index (χ2v) is 3.64. The minimum Gasteiger partial charge on any atom is -0.481 e. The molecule has 76 valence electrons. The molecular formula is C10H6BrNO3. The topological polar surface area (TPSA) is 78.2 Å². The Kier molecular flexibility index (Phi) is 3.58.